The lowest BCUT2D eigenvalue weighted by atomic mass is 10.1. The van der Waals surface area contributed by atoms with Crippen LogP contribution in [0.1, 0.15) is 17.5 Å². The first-order valence-corrected chi connectivity index (χ1v) is 6.58. The summed E-state index contributed by atoms with van der Waals surface area (Å²) in [6, 6.07) is 7.85. The molecule has 1 aromatic carbocycles. The van der Waals surface area contributed by atoms with Crippen molar-refractivity contribution in [2.75, 3.05) is 14.2 Å². The van der Waals surface area contributed by atoms with Crippen LogP contribution in [-0.4, -0.2) is 26.1 Å². The highest BCUT2D eigenvalue weighted by Crippen LogP contribution is 2.39. The Bertz CT molecular complexity index is 500. The van der Waals surface area contributed by atoms with Gasteiger partial charge in [-0.05, 0) is 17.5 Å². The Kier molecular flexibility index (Phi) is 4.74. The third kappa shape index (κ3) is 3.57. The van der Waals surface area contributed by atoms with E-state index in [1.54, 1.807) is 7.11 Å². The molecule has 1 aliphatic carbocycles. The average Bonchev–Trinajstić information content (AvgIpc) is 3.25. The number of ether oxygens (including phenoxy) is 2. The first-order valence-electron chi connectivity index (χ1n) is 6.58. The third-order valence-electron chi connectivity index (χ3n) is 3.40. The molecule has 0 bridgehead atoms. The van der Waals surface area contributed by atoms with E-state index in [1.165, 1.54) is 7.11 Å². The summed E-state index contributed by atoms with van der Waals surface area (Å²) in [6.45, 7) is 1.01. The zero-order chi connectivity index (χ0) is 14.5. The molecule has 0 spiro atoms. The van der Waals surface area contributed by atoms with Gasteiger partial charge in [0, 0.05) is 13.7 Å². The minimum Gasteiger partial charge on any atom is -0.469 e. The van der Waals surface area contributed by atoms with Gasteiger partial charge in [-0.15, -0.1) is 0 Å². The van der Waals surface area contributed by atoms with Gasteiger partial charge in [0.25, 0.3) is 0 Å². The highest BCUT2D eigenvalue weighted by molar-refractivity contribution is 5.90. The van der Waals surface area contributed by atoms with Crippen LogP contribution in [0.3, 0.4) is 0 Å². The van der Waals surface area contributed by atoms with Crippen LogP contribution in [0.2, 0.25) is 0 Å². The van der Waals surface area contributed by atoms with Crippen LogP contribution < -0.4 is 5.32 Å². The second kappa shape index (κ2) is 6.52. The van der Waals surface area contributed by atoms with Crippen molar-refractivity contribution in [1.82, 2.24) is 5.32 Å². The predicted octanol–water partition coefficient (Wildman–Crippen LogP) is 1.26. The van der Waals surface area contributed by atoms with Crippen molar-refractivity contribution in [2.45, 2.75) is 19.6 Å². The number of hydrogen-bond donors (Lipinski definition) is 1. The maximum absolute atomic E-state index is 11.9. The SMILES string of the molecule is COCc1cccc(CNC(=O)[C@@H]2C[C@H]2C(=O)OC)c1. The number of methoxy groups -OCH3 is 2. The molecule has 0 aliphatic heterocycles. The van der Waals surface area contributed by atoms with E-state index in [-0.39, 0.29) is 23.7 Å². The molecule has 1 N–H and O–H groups in total. The van der Waals surface area contributed by atoms with E-state index in [4.69, 9.17) is 4.74 Å². The van der Waals surface area contributed by atoms with E-state index < -0.39 is 0 Å². The molecule has 2 rings (SSSR count). The van der Waals surface area contributed by atoms with Gasteiger partial charge in [-0.25, -0.2) is 0 Å². The Labute approximate surface area is 118 Å². The summed E-state index contributed by atoms with van der Waals surface area (Å²) < 4.78 is 9.70. The zero-order valence-corrected chi connectivity index (χ0v) is 11.7. The molecule has 20 heavy (non-hydrogen) atoms. The Morgan fingerprint density at radius 2 is 2.00 bits per heavy atom. The normalized spacial score (nSPS) is 20.3. The van der Waals surface area contributed by atoms with E-state index in [9.17, 15) is 9.59 Å². The largest absolute Gasteiger partial charge is 0.469 e. The van der Waals surface area contributed by atoms with Gasteiger partial charge in [0.2, 0.25) is 5.91 Å². The van der Waals surface area contributed by atoms with Crippen molar-refractivity contribution >= 4 is 11.9 Å². The summed E-state index contributed by atoms with van der Waals surface area (Å²) in [5, 5.41) is 2.85. The van der Waals surface area contributed by atoms with Gasteiger partial charge in [0.15, 0.2) is 0 Å². The molecule has 1 aromatic rings. The Balaban J connectivity index is 1.82. The number of carbonyl (C=O) groups excluding carboxylic acids is 2. The Morgan fingerprint density at radius 1 is 1.25 bits per heavy atom. The summed E-state index contributed by atoms with van der Waals surface area (Å²) in [5.74, 6) is -0.880. The fourth-order valence-corrected chi connectivity index (χ4v) is 2.21. The van der Waals surface area contributed by atoms with Gasteiger partial charge >= 0.3 is 5.97 Å². The summed E-state index contributed by atoms with van der Waals surface area (Å²) in [4.78, 5) is 23.1. The summed E-state index contributed by atoms with van der Waals surface area (Å²) in [5.41, 5.74) is 2.08. The zero-order valence-electron chi connectivity index (χ0n) is 11.7. The van der Waals surface area contributed by atoms with E-state index in [0.717, 1.165) is 11.1 Å². The number of hydrogen-bond acceptors (Lipinski definition) is 4. The van der Waals surface area contributed by atoms with E-state index in [2.05, 4.69) is 10.1 Å². The fourth-order valence-electron chi connectivity index (χ4n) is 2.21. The second-order valence-electron chi connectivity index (χ2n) is 4.94. The molecule has 2 atom stereocenters. The van der Waals surface area contributed by atoms with Gasteiger partial charge in [-0.1, -0.05) is 24.3 Å². The molecular formula is C15H19NO4. The monoisotopic (exact) mass is 277 g/mol. The van der Waals surface area contributed by atoms with Crippen LogP contribution in [0.15, 0.2) is 24.3 Å². The molecule has 1 aliphatic rings. The van der Waals surface area contributed by atoms with Crippen LogP contribution in [0, 0.1) is 11.8 Å². The molecular weight excluding hydrogens is 258 g/mol. The summed E-state index contributed by atoms with van der Waals surface area (Å²) in [6.07, 6.45) is 0.586. The molecule has 0 unspecified atom stereocenters. The van der Waals surface area contributed by atoms with Gasteiger partial charge < -0.3 is 14.8 Å². The third-order valence-corrected chi connectivity index (χ3v) is 3.40. The van der Waals surface area contributed by atoms with Crippen molar-refractivity contribution in [1.29, 1.82) is 0 Å². The molecule has 0 radical (unpaired) electrons. The number of benzene rings is 1. The minimum absolute atomic E-state index is 0.0856. The van der Waals surface area contributed by atoms with Gasteiger partial charge in [-0.3, -0.25) is 9.59 Å². The highest BCUT2D eigenvalue weighted by atomic mass is 16.5. The smallest absolute Gasteiger partial charge is 0.309 e. The fraction of sp³-hybridized carbons (Fsp3) is 0.467. The molecule has 0 heterocycles. The number of carbonyl (C=O) groups is 2. The molecule has 5 nitrogen and oxygen atoms in total. The topological polar surface area (TPSA) is 64.6 Å². The molecule has 108 valence electrons. The number of esters is 1. The van der Waals surface area contributed by atoms with Crippen LogP contribution >= 0.6 is 0 Å². The van der Waals surface area contributed by atoms with Crippen molar-refractivity contribution in [2.24, 2.45) is 11.8 Å². The van der Waals surface area contributed by atoms with Crippen LogP contribution in [-0.2, 0) is 32.2 Å². The number of amides is 1. The maximum Gasteiger partial charge on any atom is 0.309 e. The van der Waals surface area contributed by atoms with Crippen LogP contribution in [0.25, 0.3) is 0 Å². The lowest BCUT2D eigenvalue weighted by Gasteiger charge is -2.07. The lowest BCUT2D eigenvalue weighted by Crippen LogP contribution is -2.26. The molecule has 0 aromatic heterocycles. The van der Waals surface area contributed by atoms with E-state index in [1.807, 2.05) is 24.3 Å². The molecule has 1 fully saturated rings. The summed E-state index contributed by atoms with van der Waals surface area (Å²) >= 11 is 0. The second-order valence-corrected chi connectivity index (χ2v) is 4.94. The quantitative estimate of drug-likeness (QED) is 0.795. The summed E-state index contributed by atoms with van der Waals surface area (Å²) in [7, 11) is 2.99. The van der Waals surface area contributed by atoms with E-state index in [0.29, 0.717) is 19.6 Å². The average molecular weight is 277 g/mol. The maximum atomic E-state index is 11.9. The van der Waals surface area contributed by atoms with Gasteiger partial charge in [-0.2, -0.15) is 0 Å². The molecule has 0 saturated heterocycles. The highest BCUT2D eigenvalue weighted by Gasteiger charge is 2.48. The Morgan fingerprint density at radius 3 is 2.70 bits per heavy atom. The number of rotatable bonds is 6. The van der Waals surface area contributed by atoms with Crippen molar-refractivity contribution in [3.63, 3.8) is 0 Å². The predicted molar refractivity (Wildman–Crippen MR) is 72.6 cm³/mol. The minimum atomic E-state index is -0.299. The van der Waals surface area contributed by atoms with Crippen LogP contribution in [0.4, 0.5) is 0 Å². The van der Waals surface area contributed by atoms with Gasteiger partial charge in [0.1, 0.15) is 0 Å². The lowest BCUT2D eigenvalue weighted by molar-refractivity contribution is -0.143. The standard InChI is InChI=1S/C15H19NO4/c1-19-9-11-5-3-4-10(6-11)8-16-14(17)12-7-13(12)15(18)20-2/h3-6,12-13H,7-9H2,1-2H3,(H,16,17)/t12-,13-/m1/s1. The van der Waals surface area contributed by atoms with Crippen molar-refractivity contribution in [3.8, 4) is 0 Å². The first-order chi connectivity index (χ1) is 9.65. The number of nitrogens with one attached hydrogen (secondary N) is 1. The first kappa shape index (κ1) is 14.5. The van der Waals surface area contributed by atoms with E-state index >= 15 is 0 Å². The van der Waals surface area contributed by atoms with Crippen molar-refractivity contribution < 1.29 is 19.1 Å². The van der Waals surface area contributed by atoms with Crippen molar-refractivity contribution in [3.05, 3.63) is 35.4 Å². The molecule has 1 amide bonds. The van der Waals surface area contributed by atoms with Gasteiger partial charge in [0.05, 0.1) is 25.6 Å². The molecule has 5 heteroatoms. The molecule has 1 saturated carbocycles. The Hall–Kier alpha value is -1.88. The van der Waals surface area contributed by atoms with Crippen LogP contribution in [0.5, 0.6) is 0 Å².